The Kier molecular flexibility index (Phi) is 7.48. The Morgan fingerprint density at radius 1 is 1.32 bits per heavy atom. The van der Waals surface area contributed by atoms with Gasteiger partial charge in [-0.25, -0.2) is 0 Å². The van der Waals surface area contributed by atoms with Crippen molar-refractivity contribution in [2.45, 2.75) is 13.8 Å². The Labute approximate surface area is 140 Å². The summed E-state index contributed by atoms with van der Waals surface area (Å²) in [6.45, 7) is 4.12. The van der Waals surface area contributed by atoms with E-state index >= 15 is 0 Å². The fourth-order valence-electron chi connectivity index (χ4n) is 1.84. The highest BCUT2D eigenvalue weighted by Gasteiger charge is 2.20. The molecule has 0 saturated heterocycles. The summed E-state index contributed by atoms with van der Waals surface area (Å²) >= 11 is 11.8. The van der Waals surface area contributed by atoms with Crippen LogP contribution in [0.2, 0.25) is 10.0 Å². The molecule has 0 aromatic heterocycles. The first-order chi connectivity index (χ1) is 10.4. The third kappa shape index (κ3) is 5.39. The zero-order chi connectivity index (χ0) is 16.7. The van der Waals surface area contributed by atoms with Gasteiger partial charge >= 0.3 is 5.97 Å². The van der Waals surface area contributed by atoms with Crippen molar-refractivity contribution in [2.75, 3.05) is 26.8 Å². The molecule has 0 saturated carbocycles. The van der Waals surface area contributed by atoms with Crippen LogP contribution in [0.25, 0.3) is 0 Å². The predicted octanol–water partition coefficient (Wildman–Crippen LogP) is 3.03. The number of hydrogen-bond acceptors (Lipinski definition) is 4. The minimum Gasteiger partial charge on any atom is -0.482 e. The number of benzene rings is 1. The fourth-order valence-corrected chi connectivity index (χ4v) is 2.30. The Bertz CT molecular complexity index is 536. The first-order valence-corrected chi connectivity index (χ1v) is 7.58. The zero-order valence-corrected chi connectivity index (χ0v) is 14.3. The molecule has 0 heterocycles. The average molecular weight is 348 g/mol. The molecule has 0 spiro atoms. The number of halogens is 2. The van der Waals surface area contributed by atoms with E-state index in [1.54, 1.807) is 25.1 Å². The number of hydrogen-bond donors (Lipinski definition) is 0. The van der Waals surface area contributed by atoms with E-state index in [-0.39, 0.29) is 25.0 Å². The molecule has 7 heteroatoms. The number of likely N-dealkylation sites (N-methyl/N-ethyl adjacent to an activating group) is 1. The van der Waals surface area contributed by atoms with Gasteiger partial charge in [-0.2, -0.15) is 0 Å². The molecule has 1 unspecified atom stereocenters. The molecular weight excluding hydrogens is 329 g/mol. The van der Waals surface area contributed by atoms with Gasteiger partial charge in [-0.15, -0.1) is 0 Å². The lowest BCUT2D eigenvalue weighted by atomic mass is 10.1. The summed E-state index contributed by atoms with van der Waals surface area (Å²) < 4.78 is 10.1. The number of carbonyl (C=O) groups excluding carboxylic acids is 2. The van der Waals surface area contributed by atoms with Crippen molar-refractivity contribution in [3.8, 4) is 5.75 Å². The van der Waals surface area contributed by atoms with E-state index in [0.717, 1.165) is 0 Å². The van der Waals surface area contributed by atoms with Gasteiger partial charge < -0.3 is 14.4 Å². The lowest BCUT2D eigenvalue weighted by Gasteiger charge is -2.23. The van der Waals surface area contributed by atoms with Gasteiger partial charge in [0, 0.05) is 18.1 Å². The number of nitrogens with zero attached hydrogens (tertiary/aromatic N) is 1. The summed E-state index contributed by atoms with van der Waals surface area (Å²) in [7, 11) is 1.32. The van der Waals surface area contributed by atoms with E-state index in [4.69, 9.17) is 27.9 Å². The lowest BCUT2D eigenvalue weighted by molar-refractivity contribution is -0.146. The van der Waals surface area contributed by atoms with E-state index in [9.17, 15) is 9.59 Å². The second-order valence-corrected chi connectivity index (χ2v) is 5.56. The van der Waals surface area contributed by atoms with Crippen molar-refractivity contribution >= 4 is 35.1 Å². The molecule has 0 radical (unpaired) electrons. The van der Waals surface area contributed by atoms with Gasteiger partial charge in [0.1, 0.15) is 5.75 Å². The summed E-state index contributed by atoms with van der Waals surface area (Å²) in [5.41, 5.74) is 0. The number of methoxy groups -OCH3 is 1. The normalized spacial score (nSPS) is 11.7. The fraction of sp³-hybridized carbons (Fsp3) is 0.467. The molecule has 1 amide bonds. The van der Waals surface area contributed by atoms with E-state index in [2.05, 4.69) is 4.74 Å². The van der Waals surface area contributed by atoms with Crippen LogP contribution in [0.4, 0.5) is 0 Å². The molecule has 0 aliphatic heterocycles. The molecule has 0 aliphatic rings. The van der Waals surface area contributed by atoms with Gasteiger partial charge in [0.25, 0.3) is 5.91 Å². The highest BCUT2D eigenvalue weighted by atomic mass is 35.5. The topological polar surface area (TPSA) is 55.8 Å². The van der Waals surface area contributed by atoms with Crippen LogP contribution in [0.15, 0.2) is 18.2 Å². The molecule has 1 aromatic carbocycles. The smallest absolute Gasteiger partial charge is 0.310 e. The number of ether oxygens (including phenoxy) is 2. The summed E-state index contributed by atoms with van der Waals surface area (Å²) in [5, 5.41) is 0.831. The van der Waals surface area contributed by atoms with Crippen molar-refractivity contribution in [1.82, 2.24) is 4.90 Å². The van der Waals surface area contributed by atoms with Crippen molar-refractivity contribution in [1.29, 1.82) is 0 Å². The number of esters is 1. The Balaban J connectivity index is 2.60. The number of carbonyl (C=O) groups is 2. The van der Waals surface area contributed by atoms with Gasteiger partial charge in [0.2, 0.25) is 0 Å². The highest BCUT2D eigenvalue weighted by Crippen LogP contribution is 2.27. The van der Waals surface area contributed by atoms with Crippen LogP contribution in [-0.2, 0) is 14.3 Å². The maximum atomic E-state index is 12.2. The number of amides is 1. The van der Waals surface area contributed by atoms with E-state index in [1.165, 1.54) is 12.0 Å². The summed E-state index contributed by atoms with van der Waals surface area (Å²) in [5.74, 6) is -0.596. The molecule has 0 N–H and O–H groups in total. The summed E-state index contributed by atoms with van der Waals surface area (Å²) in [4.78, 5) is 25.1. The van der Waals surface area contributed by atoms with E-state index in [1.807, 2.05) is 6.92 Å². The minimum absolute atomic E-state index is 0.164. The molecule has 0 aliphatic carbocycles. The molecular formula is C15H19Cl2NO4. The Morgan fingerprint density at radius 3 is 2.55 bits per heavy atom. The van der Waals surface area contributed by atoms with Crippen molar-refractivity contribution in [2.24, 2.45) is 5.92 Å². The molecule has 1 rings (SSSR count). The van der Waals surface area contributed by atoms with Crippen LogP contribution in [0.5, 0.6) is 5.75 Å². The second-order valence-electron chi connectivity index (χ2n) is 4.72. The van der Waals surface area contributed by atoms with Gasteiger partial charge in [-0.1, -0.05) is 30.1 Å². The van der Waals surface area contributed by atoms with Gasteiger partial charge in [0.05, 0.1) is 18.1 Å². The maximum Gasteiger partial charge on any atom is 0.310 e. The molecule has 0 bridgehead atoms. The van der Waals surface area contributed by atoms with Gasteiger partial charge in [-0.05, 0) is 25.1 Å². The largest absolute Gasteiger partial charge is 0.482 e. The molecule has 122 valence electrons. The molecule has 22 heavy (non-hydrogen) atoms. The third-order valence-corrected chi connectivity index (χ3v) is 3.61. The second kappa shape index (κ2) is 8.86. The lowest BCUT2D eigenvalue weighted by Crippen LogP contribution is -2.39. The van der Waals surface area contributed by atoms with E-state index < -0.39 is 5.92 Å². The SMILES string of the molecule is CCN(CC(C)C(=O)OC)C(=O)COc1ccc(Cl)cc1Cl. The standard InChI is InChI=1S/C15H19Cl2NO4/c1-4-18(8-10(2)15(20)21-3)14(19)9-22-13-6-5-11(16)7-12(13)17/h5-7,10H,4,8-9H2,1-3H3. The van der Waals surface area contributed by atoms with Crippen molar-refractivity contribution in [3.63, 3.8) is 0 Å². The molecule has 1 atom stereocenters. The Morgan fingerprint density at radius 2 is 2.00 bits per heavy atom. The predicted molar refractivity (Wildman–Crippen MR) is 85.4 cm³/mol. The highest BCUT2D eigenvalue weighted by molar-refractivity contribution is 6.35. The monoisotopic (exact) mass is 347 g/mol. The van der Waals surface area contributed by atoms with Crippen LogP contribution in [0.3, 0.4) is 0 Å². The summed E-state index contributed by atoms with van der Waals surface area (Å²) in [6, 6.07) is 4.77. The van der Waals surface area contributed by atoms with Crippen molar-refractivity contribution in [3.05, 3.63) is 28.2 Å². The molecule has 5 nitrogen and oxygen atoms in total. The quantitative estimate of drug-likeness (QED) is 0.711. The molecule has 0 fully saturated rings. The first kappa shape index (κ1) is 18.6. The number of rotatable bonds is 7. The van der Waals surface area contributed by atoms with Gasteiger partial charge in [0.15, 0.2) is 6.61 Å². The average Bonchev–Trinajstić information content (AvgIpc) is 2.50. The first-order valence-electron chi connectivity index (χ1n) is 6.82. The minimum atomic E-state index is -0.395. The van der Waals surface area contributed by atoms with Crippen LogP contribution in [-0.4, -0.2) is 43.6 Å². The van der Waals surface area contributed by atoms with Crippen LogP contribution in [0.1, 0.15) is 13.8 Å². The van der Waals surface area contributed by atoms with Crippen molar-refractivity contribution < 1.29 is 19.1 Å². The van der Waals surface area contributed by atoms with Crippen LogP contribution < -0.4 is 4.74 Å². The van der Waals surface area contributed by atoms with Gasteiger partial charge in [-0.3, -0.25) is 9.59 Å². The Hall–Kier alpha value is -1.46. The zero-order valence-electron chi connectivity index (χ0n) is 12.8. The summed E-state index contributed by atoms with van der Waals surface area (Å²) in [6.07, 6.45) is 0. The molecule has 1 aromatic rings. The van der Waals surface area contributed by atoms with E-state index in [0.29, 0.717) is 22.3 Å². The van der Waals surface area contributed by atoms with Crippen LogP contribution >= 0.6 is 23.2 Å². The van der Waals surface area contributed by atoms with Crippen LogP contribution in [0, 0.1) is 5.92 Å². The third-order valence-electron chi connectivity index (χ3n) is 3.08. The maximum absolute atomic E-state index is 12.2.